The fourth-order valence-electron chi connectivity index (χ4n) is 2.25. The number of hydrogen-bond donors (Lipinski definition) is 1. The molecule has 112 valence electrons. The fraction of sp³-hybridized carbons (Fsp3) is 0.500. The molecule has 2 aromatic heterocycles. The molecule has 2 aromatic rings. The predicted molar refractivity (Wildman–Crippen MR) is 74.5 cm³/mol. The first-order valence-corrected chi connectivity index (χ1v) is 7.27. The summed E-state index contributed by atoms with van der Waals surface area (Å²) in [5.74, 6) is -0.915. The molecule has 1 atom stereocenters. The summed E-state index contributed by atoms with van der Waals surface area (Å²) in [4.78, 5) is 29.6. The average molecular weight is 310 g/mol. The van der Waals surface area contributed by atoms with E-state index in [4.69, 9.17) is 4.74 Å². The lowest BCUT2D eigenvalue weighted by Gasteiger charge is -2.31. The van der Waals surface area contributed by atoms with E-state index in [1.165, 1.54) is 21.9 Å². The zero-order valence-corrected chi connectivity index (χ0v) is 12.2. The number of carboxylic acid groups (broad SMARTS) is 1. The molecule has 1 aliphatic rings. The summed E-state index contributed by atoms with van der Waals surface area (Å²) in [5, 5.41) is 14.1. The van der Waals surface area contributed by atoms with Crippen molar-refractivity contribution < 1.29 is 14.6 Å². The summed E-state index contributed by atoms with van der Waals surface area (Å²) >= 11 is 1.30. The molecular weight excluding hydrogens is 296 g/mol. The quantitative estimate of drug-likeness (QED) is 0.834. The second-order valence-electron chi connectivity index (χ2n) is 4.83. The number of aliphatic carboxylic acids is 1. The summed E-state index contributed by atoms with van der Waals surface area (Å²) in [6, 6.07) is 0.739. The van der Waals surface area contributed by atoms with E-state index in [-0.39, 0.29) is 12.2 Å². The number of carboxylic acids is 1. The number of aromatic nitrogens is 3. The van der Waals surface area contributed by atoms with Gasteiger partial charge in [-0.05, 0) is 6.92 Å². The van der Waals surface area contributed by atoms with Gasteiger partial charge >= 0.3 is 5.97 Å². The van der Waals surface area contributed by atoms with Crippen molar-refractivity contribution in [2.45, 2.75) is 19.5 Å². The third-order valence-corrected chi connectivity index (χ3v) is 4.17. The summed E-state index contributed by atoms with van der Waals surface area (Å²) in [6.07, 6.45) is 0. The van der Waals surface area contributed by atoms with Crippen LogP contribution >= 0.6 is 11.3 Å². The highest BCUT2D eigenvalue weighted by molar-refractivity contribution is 7.16. The molecule has 1 unspecified atom stereocenters. The minimum Gasteiger partial charge on any atom is -0.480 e. The largest absolute Gasteiger partial charge is 0.480 e. The van der Waals surface area contributed by atoms with Crippen molar-refractivity contribution in [3.8, 4) is 0 Å². The van der Waals surface area contributed by atoms with E-state index >= 15 is 0 Å². The second-order valence-corrected chi connectivity index (χ2v) is 5.87. The lowest BCUT2D eigenvalue weighted by Crippen LogP contribution is -2.49. The Balaban J connectivity index is 1.89. The van der Waals surface area contributed by atoms with Gasteiger partial charge in [-0.2, -0.15) is 9.61 Å². The van der Waals surface area contributed by atoms with Crippen LogP contribution in [0, 0.1) is 6.92 Å². The molecule has 1 N–H and O–H groups in total. The molecule has 3 rings (SSSR count). The Morgan fingerprint density at radius 1 is 1.62 bits per heavy atom. The van der Waals surface area contributed by atoms with Crippen LogP contribution < -0.4 is 5.56 Å². The molecule has 9 heteroatoms. The van der Waals surface area contributed by atoms with Gasteiger partial charge in [-0.3, -0.25) is 14.5 Å². The molecular formula is C12H14N4O4S. The van der Waals surface area contributed by atoms with Crippen LogP contribution in [0.15, 0.2) is 10.9 Å². The van der Waals surface area contributed by atoms with Crippen LogP contribution in [0.25, 0.3) is 4.96 Å². The smallest absolute Gasteiger partial charge is 0.323 e. The van der Waals surface area contributed by atoms with Gasteiger partial charge in [0, 0.05) is 18.3 Å². The molecule has 21 heavy (non-hydrogen) atoms. The van der Waals surface area contributed by atoms with Gasteiger partial charge < -0.3 is 9.84 Å². The zero-order chi connectivity index (χ0) is 15.0. The second kappa shape index (κ2) is 5.51. The number of nitrogens with zero attached hydrogens (tertiary/aromatic N) is 4. The van der Waals surface area contributed by atoms with Crippen molar-refractivity contribution in [3.63, 3.8) is 0 Å². The molecule has 0 aromatic carbocycles. The third kappa shape index (κ3) is 2.80. The molecule has 0 radical (unpaired) electrons. The number of ether oxygens (including phenoxy) is 1. The van der Waals surface area contributed by atoms with Gasteiger partial charge in [-0.15, -0.1) is 0 Å². The number of fused-ring (bicyclic) bond motifs is 1. The first kappa shape index (κ1) is 14.1. The van der Waals surface area contributed by atoms with Crippen molar-refractivity contribution in [2.24, 2.45) is 0 Å². The van der Waals surface area contributed by atoms with E-state index in [0.717, 1.165) is 0 Å². The van der Waals surface area contributed by atoms with Crippen LogP contribution in [0.2, 0.25) is 0 Å². The van der Waals surface area contributed by atoms with E-state index in [1.54, 1.807) is 11.8 Å². The van der Waals surface area contributed by atoms with E-state index in [9.17, 15) is 14.7 Å². The first-order chi connectivity index (χ1) is 10.0. The van der Waals surface area contributed by atoms with E-state index in [0.29, 0.717) is 35.4 Å². The van der Waals surface area contributed by atoms with Gasteiger partial charge in [0.2, 0.25) is 4.96 Å². The Labute approximate surface area is 123 Å². The number of rotatable bonds is 3. The normalized spacial score (nSPS) is 20.0. The number of hydrogen-bond acceptors (Lipinski definition) is 7. The molecule has 0 aliphatic carbocycles. The maximum Gasteiger partial charge on any atom is 0.323 e. The molecule has 0 bridgehead atoms. The topological polar surface area (TPSA) is 97.0 Å². The molecule has 1 fully saturated rings. The lowest BCUT2D eigenvalue weighted by molar-refractivity contribution is -0.150. The van der Waals surface area contributed by atoms with Gasteiger partial charge in [0.15, 0.2) is 0 Å². The maximum atomic E-state index is 11.8. The highest BCUT2D eigenvalue weighted by atomic mass is 32.1. The molecule has 1 aliphatic heterocycles. The van der Waals surface area contributed by atoms with E-state index < -0.39 is 12.0 Å². The number of aryl methyl sites for hydroxylation is 1. The van der Waals surface area contributed by atoms with Crippen LogP contribution in [0.1, 0.15) is 10.7 Å². The number of carbonyl (C=O) groups is 1. The van der Waals surface area contributed by atoms with Gasteiger partial charge in [0.1, 0.15) is 11.0 Å². The Hall–Kier alpha value is -1.84. The van der Waals surface area contributed by atoms with Crippen molar-refractivity contribution >= 4 is 22.3 Å². The Kier molecular flexibility index (Phi) is 3.70. The van der Waals surface area contributed by atoms with Crippen LogP contribution in [0.4, 0.5) is 0 Å². The van der Waals surface area contributed by atoms with Crippen LogP contribution in [-0.2, 0) is 16.1 Å². The van der Waals surface area contributed by atoms with E-state index in [1.807, 2.05) is 0 Å². The Morgan fingerprint density at radius 3 is 3.19 bits per heavy atom. The molecule has 8 nitrogen and oxygen atoms in total. The first-order valence-electron chi connectivity index (χ1n) is 6.45. The highest BCUT2D eigenvalue weighted by Crippen LogP contribution is 2.17. The highest BCUT2D eigenvalue weighted by Gasteiger charge is 2.30. The van der Waals surface area contributed by atoms with Gasteiger partial charge in [0.25, 0.3) is 5.56 Å². The summed E-state index contributed by atoms with van der Waals surface area (Å²) in [7, 11) is 0. The van der Waals surface area contributed by atoms with Crippen LogP contribution in [0.3, 0.4) is 0 Å². The predicted octanol–water partition coefficient (Wildman–Crippen LogP) is -0.255. The average Bonchev–Trinajstić information content (AvgIpc) is 2.81. The van der Waals surface area contributed by atoms with Crippen LogP contribution in [-0.4, -0.2) is 56.4 Å². The van der Waals surface area contributed by atoms with Crippen LogP contribution in [0.5, 0.6) is 0 Å². The molecule has 3 heterocycles. The lowest BCUT2D eigenvalue weighted by atomic mass is 10.2. The standard InChI is InChI=1S/C12H14N4O4S/c1-7-4-10(17)16-12(13-7)21-9(14-16)5-15-2-3-20-6-8(15)11(18)19/h4,8H,2-3,5-6H2,1H3,(H,18,19). The molecule has 0 amide bonds. The minimum absolute atomic E-state index is 0.164. The summed E-state index contributed by atoms with van der Waals surface area (Å²) in [6.45, 7) is 3.30. The van der Waals surface area contributed by atoms with Gasteiger partial charge in [-0.1, -0.05) is 11.3 Å². The van der Waals surface area contributed by atoms with E-state index in [2.05, 4.69) is 10.1 Å². The molecule has 0 saturated carbocycles. The fourth-order valence-corrected chi connectivity index (χ4v) is 3.22. The van der Waals surface area contributed by atoms with Crippen molar-refractivity contribution in [3.05, 3.63) is 27.1 Å². The molecule has 1 saturated heterocycles. The Morgan fingerprint density at radius 2 is 2.43 bits per heavy atom. The zero-order valence-electron chi connectivity index (χ0n) is 11.4. The monoisotopic (exact) mass is 310 g/mol. The Bertz CT molecular complexity index is 740. The minimum atomic E-state index is -0.915. The number of morpholine rings is 1. The SMILES string of the molecule is Cc1cc(=O)n2nc(CN3CCOCC3C(=O)O)sc2n1. The van der Waals surface area contributed by atoms with Crippen molar-refractivity contribution in [2.75, 3.05) is 19.8 Å². The third-order valence-electron chi connectivity index (χ3n) is 3.28. The van der Waals surface area contributed by atoms with Crippen molar-refractivity contribution in [1.82, 2.24) is 19.5 Å². The summed E-state index contributed by atoms with van der Waals surface area (Å²) < 4.78 is 6.45. The van der Waals surface area contributed by atoms with Gasteiger partial charge in [-0.25, -0.2) is 4.98 Å². The van der Waals surface area contributed by atoms with Gasteiger partial charge in [0.05, 0.1) is 19.8 Å². The van der Waals surface area contributed by atoms with Crippen molar-refractivity contribution in [1.29, 1.82) is 0 Å². The maximum absolute atomic E-state index is 11.8. The summed E-state index contributed by atoms with van der Waals surface area (Å²) in [5.41, 5.74) is 0.418. The molecule has 0 spiro atoms.